The Morgan fingerprint density at radius 1 is 1.32 bits per heavy atom. The van der Waals surface area contributed by atoms with E-state index in [2.05, 4.69) is 20.4 Å². The molecule has 28 heavy (non-hydrogen) atoms. The Kier molecular flexibility index (Phi) is 5.87. The van der Waals surface area contributed by atoms with E-state index in [4.69, 9.17) is 8.94 Å². The lowest BCUT2D eigenvalue weighted by Crippen LogP contribution is -2.44. The number of piperidine rings is 1. The summed E-state index contributed by atoms with van der Waals surface area (Å²) in [5, 5.41) is 9.13. The number of hydrogen-bond donors (Lipinski definition) is 1. The number of carbonyl (C=O) groups is 1. The van der Waals surface area contributed by atoms with Crippen LogP contribution < -0.4 is 5.32 Å². The van der Waals surface area contributed by atoms with E-state index in [0.717, 1.165) is 56.0 Å². The number of furan rings is 1. The lowest BCUT2D eigenvalue weighted by Gasteiger charge is -2.32. The molecule has 0 aromatic carbocycles. The number of aryl methyl sites for hydroxylation is 2. The van der Waals surface area contributed by atoms with Gasteiger partial charge in [0.1, 0.15) is 5.76 Å². The van der Waals surface area contributed by atoms with Crippen molar-refractivity contribution in [3.8, 4) is 10.7 Å². The molecule has 8 heteroatoms. The Balaban J connectivity index is 1.16. The molecule has 0 atom stereocenters. The second kappa shape index (κ2) is 8.70. The van der Waals surface area contributed by atoms with Crippen LogP contribution in [0.3, 0.4) is 0 Å². The van der Waals surface area contributed by atoms with E-state index < -0.39 is 0 Å². The molecule has 1 aliphatic rings. The molecule has 7 nitrogen and oxygen atoms in total. The second-order valence-electron chi connectivity index (χ2n) is 7.09. The summed E-state index contributed by atoms with van der Waals surface area (Å²) >= 11 is 1.61. The molecular formula is C20H24N4O3S. The van der Waals surface area contributed by atoms with Crippen molar-refractivity contribution in [2.45, 2.75) is 38.6 Å². The zero-order valence-corrected chi connectivity index (χ0v) is 16.7. The topological polar surface area (TPSA) is 84.4 Å². The normalized spacial score (nSPS) is 15.8. The van der Waals surface area contributed by atoms with Crippen LogP contribution in [0.5, 0.6) is 0 Å². The molecule has 4 rings (SSSR count). The molecule has 4 heterocycles. The number of aromatic nitrogens is 2. The summed E-state index contributed by atoms with van der Waals surface area (Å²) in [6, 6.07) is 7.72. The van der Waals surface area contributed by atoms with Gasteiger partial charge in [0.25, 0.3) is 5.91 Å². The summed E-state index contributed by atoms with van der Waals surface area (Å²) in [6.07, 6.45) is 3.67. The smallest absolute Gasteiger partial charge is 0.287 e. The van der Waals surface area contributed by atoms with Gasteiger partial charge in [0.05, 0.1) is 4.88 Å². The molecule has 3 aromatic heterocycles. The highest BCUT2D eigenvalue weighted by atomic mass is 32.1. The third-order valence-electron chi connectivity index (χ3n) is 4.96. The number of carbonyl (C=O) groups excluding carboxylic acids is 1. The molecule has 0 saturated carbocycles. The van der Waals surface area contributed by atoms with Crippen molar-refractivity contribution in [2.24, 2.45) is 0 Å². The minimum Gasteiger partial charge on any atom is -0.456 e. The fourth-order valence-corrected chi connectivity index (χ4v) is 4.08. The highest BCUT2D eigenvalue weighted by molar-refractivity contribution is 7.13. The van der Waals surface area contributed by atoms with Crippen LogP contribution in [0, 0.1) is 6.92 Å². The first-order chi connectivity index (χ1) is 13.7. The van der Waals surface area contributed by atoms with Crippen LogP contribution in [-0.2, 0) is 6.42 Å². The highest BCUT2D eigenvalue weighted by Crippen LogP contribution is 2.21. The minimum absolute atomic E-state index is 0.121. The maximum Gasteiger partial charge on any atom is 0.287 e. The molecule has 0 aliphatic carbocycles. The molecule has 0 unspecified atom stereocenters. The predicted molar refractivity (Wildman–Crippen MR) is 106 cm³/mol. The summed E-state index contributed by atoms with van der Waals surface area (Å²) in [5.41, 5.74) is 0. The number of hydrogen-bond acceptors (Lipinski definition) is 7. The number of thiophene rings is 1. The fraction of sp³-hybridized carbons (Fsp3) is 0.450. The zero-order valence-electron chi connectivity index (χ0n) is 15.9. The Hall–Kier alpha value is -2.45. The molecule has 0 spiro atoms. The van der Waals surface area contributed by atoms with E-state index in [1.165, 1.54) is 0 Å². The summed E-state index contributed by atoms with van der Waals surface area (Å²) in [6.45, 7) is 4.79. The SMILES string of the molecule is Cc1ccc(C(=O)NC2CCN(CCCc3nc(-c4cccs4)no3)CC2)o1. The predicted octanol–water partition coefficient (Wildman–Crippen LogP) is 3.53. The number of likely N-dealkylation sites (tertiary alicyclic amines) is 1. The quantitative estimate of drug-likeness (QED) is 0.653. The number of nitrogens with one attached hydrogen (secondary N) is 1. The molecule has 1 saturated heterocycles. The van der Waals surface area contributed by atoms with Crippen molar-refractivity contribution in [3.63, 3.8) is 0 Å². The minimum atomic E-state index is -0.121. The van der Waals surface area contributed by atoms with E-state index in [0.29, 0.717) is 17.5 Å². The van der Waals surface area contributed by atoms with Gasteiger partial charge < -0.3 is 19.2 Å². The molecule has 0 bridgehead atoms. The second-order valence-corrected chi connectivity index (χ2v) is 8.04. The third kappa shape index (κ3) is 4.69. The molecule has 148 valence electrons. The molecule has 1 aliphatic heterocycles. The summed E-state index contributed by atoms with van der Waals surface area (Å²) in [4.78, 5) is 20.1. The Bertz CT molecular complexity index is 894. The summed E-state index contributed by atoms with van der Waals surface area (Å²) in [5.74, 6) is 2.39. The van der Waals surface area contributed by atoms with Gasteiger partial charge in [0.2, 0.25) is 11.7 Å². The van der Waals surface area contributed by atoms with Crippen LogP contribution in [-0.4, -0.2) is 46.6 Å². The fourth-order valence-electron chi connectivity index (χ4n) is 3.43. The Morgan fingerprint density at radius 3 is 2.89 bits per heavy atom. The van der Waals surface area contributed by atoms with E-state index in [1.807, 2.05) is 30.5 Å². The first-order valence-electron chi connectivity index (χ1n) is 9.63. The van der Waals surface area contributed by atoms with Gasteiger partial charge in [-0.1, -0.05) is 11.2 Å². The van der Waals surface area contributed by atoms with Crippen LogP contribution in [0.4, 0.5) is 0 Å². The molecule has 1 fully saturated rings. The Labute approximate surface area is 167 Å². The van der Waals surface area contributed by atoms with E-state index in [1.54, 1.807) is 17.4 Å². The van der Waals surface area contributed by atoms with Gasteiger partial charge >= 0.3 is 0 Å². The third-order valence-corrected chi connectivity index (χ3v) is 5.83. The van der Waals surface area contributed by atoms with Gasteiger partial charge in [-0.15, -0.1) is 11.3 Å². The number of amides is 1. The molecule has 1 amide bonds. The maximum absolute atomic E-state index is 12.2. The van der Waals surface area contributed by atoms with Crippen molar-refractivity contribution < 1.29 is 13.7 Å². The van der Waals surface area contributed by atoms with Crippen molar-refractivity contribution in [2.75, 3.05) is 19.6 Å². The number of rotatable bonds is 7. The average molecular weight is 401 g/mol. The number of nitrogens with zero attached hydrogens (tertiary/aromatic N) is 3. The maximum atomic E-state index is 12.2. The van der Waals surface area contributed by atoms with Gasteiger partial charge in [-0.3, -0.25) is 4.79 Å². The van der Waals surface area contributed by atoms with Crippen LogP contribution >= 0.6 is 11.3 Å². The Morgan fingerprint density at radius 2 is 2.18 bits per heavy atom. The van der Waals surface area contributed by atoms with Gasteiger partial charge in [0, 0.05) is 25.6 Å². The van der Waals surface area contributed by atoms with Crippen molar-refractivity contribution in [1.29, 1.82) is 0 Å². The molecular weight excluding hydrogens is 376 g/mol. The van der Waals surface area contributed by atoms with Gasteiger partial charge in [-0.2, -0.15) is 4.98 Å². The van der Waals surface area contributed by atoms with Crippen LogP contribution in [0.25, 0.3) is 10.7 Å². The van der Waals surface area contributed by atoms with Crippen molar-refractivity contribution in [3.05, 3.63) is 47.1 Å². The van der Waals surface area contributed by atoms with E-state index in [9.17, 15) is 4.79 Å². The zero-order chi connectivity index (χ0) is 19.3. The van der Waals surface area contributed by atoms with Gasteiger partial charge in [-0.05, 0) is 56.3 Å². The van der Waals surface area contributed by atoms with E-state index in [-0.39, 0.29) is 11.9 Å². The molecule has 0 radical (unpaired) electrons. The monoisotopic (exact) mass is 400 g/mol. The lowest BCUT2D eigenvalue weighted by molar-refractivity contribution is 0.0881. The summed E-state index contributed by atoms with van der Waals surface area (Å²) < 4.78 is 10.7. The van der Waals surface area contributed by atoms with Crippen molar-refractivity contribution in [1.82, 2.24) is 20.4 Å². The van der Waals surface area contributed by atoms with Gasteiger partial charge in [-0.25, -0.2) is 0 Å². The van der Waals surface area contributed by atoms with Gasteiger partial charge in [0.15, 0.2) is 5.76 Å². The largest absolute Gasteiger partial charge is 0.456 e. The first kappa shape index (κ1) is 18.9. The average Bonchev–Trinajstić information content (AvgIpc) is 3.44. The van der Waals surface area contributed by atoms with Crippen LogP contribution in [0.1, 0.15) is 41.5 Å². The molecule has 1 N–H and O–H groups in total. The standard InChI is InChI=1S/C20H24N4O3S/c1-14-6-7-16(26-14)20(25)21-15-8-11-24(12-9-15)10-2-5-18-22-19(23-27-18)17-4-3-13-28-17/h3-4,6-7,13,15H,2,5,8-12H2,1H3,(H,21,25). The molecule has 3 aromatic rings. The van der Waals surface area contributed by atoms with Crippen LogP contribution in [0.2, 0.25) is 0 Å². The van der Waals surface area contributed by atoms with E-state index >= 15 is 0 Å². The summed E-state index contributed by atoms with van der Waals surface area (Å²) in [7, 11) is 0. The highest BCUT2D eigenvalue weighted by Gasteiger charge is 2.22. The van der Waals surface area contributed by atoms with Crippen LogP contribution in [0.15, 0.2) is 38.6 Å². The first-order valence-corrected chi connectivity index (χ1v) is 10.5. The van der Waals surface area contributed by atoms with Crippen molar-refractivity contribution >= 4 is 17.2 Å². The lowest BCUT2D eigenvalue weighted by atomic mass is 10.0.